The normalized spacial score (nSPS) is 12.5. The lowest BCUT2D eigenvalue weighted by Crippen LogP contribution is -2.28. The quantitative estimate of drug-likeness (QED) is 0.148. The molecule has 0 aliphatic heterocycles. The summed E-state index contributed by atoms with van der Waals surface area (Å²) in [7, 11) is 0. The van der Waals surface area contributed by atoms with E-state index in [4.69, 9.17) is 0 Å². The molecule has 12 rings (SSSR count). The van der Waals surface area contributed by atoms with Crippen molar-refractivity contribution in [2.75, 3.05) is 4.90 Å². The lowest BCUT2D eigenvalue weighted by Gasteiger charge is -2.34. The molecule has 0 heterocycles. The van der Waals surface area contributed by atoms with Gasteiger partial charge in [0, 0.05) is 17.1 Å². The van der Waals surface area contributed by atoms with Crippen LogP contribution in [-0.4, -0.2) is 0 Å². The van der Waals surface area contributed by atoms with E-state index in [-0.39, 0.29) is 0 Å². The highest BCUT2D eigenvalue weighted by molar-refractivity contribution is 5.99. The van der Waals surface area contributed by atoms with Crippen molar-refractivity contribution in [3.05, 3.63) is 283 Å². The van der Waals surface area contributed by atoms with Crippen molar-refractivity contribution in [1.82, 2.24) is 0 Å². The first-order valence-electron chi connectivity index (χ1n) is 22.2. The molecule has 1 aliphatic carbocycles. The third kappa shape index (κ3) is 6.16. The lowest BCUT2D eigenvalue weighted by molar-refractivity contribution is 0.769. The molecule has 300 valence electrons. The van der Waals surface area contributed by atoms with E-state index in [0.29, 0.717) is 0 Å². The van der Waals surface area contributed by atoms with E-state index in [1.54, 1.807) is 0 Å². The van der Waals surface area contributed by atoms with Gasteiger partial charge in [0.1, 0.15) is 0 Å². The number of anilines is 3. The number of hydrogen-bond acceptors (Lipinski definition) is 1. The van der Waals surface area contributed by atoms with Gasteiger partial charge >= 0.3 is 0 Å². The molecule has 0 saturated carbocycles. The van der Waals surface area contributed by atoms with Gasteiger partial charge in [-0.2, -0.15) is 0 Å². The third-order valence-corrected chi connectivity index (χ3v) is 13.3. The molecule has 1 heteroatoms. The predicted octanol–water partition coefficient (Wildman–Crippen LogP) is 16.8. The van der Waals surface area contributed by atoms with Crippen molar-refractivity contribution < 1.29 is 0 Å². The molecule has 0 N–H and O–H groups in total. The van der Waals surface area contributed by atoms with Gasteiger partial charge in [-0.05, 0) is 131 Å². The Hall–Kier alpha value is -8.26. The fourth-order valence-corrected chi connectivity index (χ4v) is 10.4. The Bertz CT molecular complexity index is 3430. The van der Waals surface area contributed by atoms with Crippen LogP contribution >= 0.6 is 0 Å². The van der Waals surface area contributed by atoms with Crippen LogP contribution in [0, 0.1) is 0 Å². The SMILES string of the molecule is c1ccc(C2(c3ccccc3)c3ccccc3-c3ccc(-c4ccc(N(c5ccc(-c6cccc7ccccc67)cc5)c5cccc(-c6cccc7ccccc67)c5)cc4)cc32)cc1. The second-order valence-corrected chi connectivity index (χ2v) is 16.8. The summed E-state index contributed by atoms with van der Waals surface area (Å²) in [6.45, 7) is 0. The standard InChI is InChI=1S/C63H43N/c1-3-21-50(22-4-1)63(51-23-5-2-6-24-51)61-31-12-11-28-59(61)60-41-36-48(43-62(60)63)44-32-37-52(38-33-44)64(53-39-34-47(35-40-53)57-29-14-18-45-16-7-9-26-55(45)57)54-25-13-20-49(42-54)58-30-15-19-46-17-8-10-27-56(46)58/h1-43H. The first-order chi connectivity index (χ1) is 31.7. The lowest BCUT2D eigenvalue weighted by atomic mass is 9.67. The van der Waals surface area contributed by atoms with Gasteiger partial charge in [-0.1, -0.05) is 218 Å². The minimum atomic E-state index is -0.450. The molecule has 11 aromatic rings. The van der Waals surface area contributed by atoms with Crippen LogP contribution in [0.1, 0.15) is 22.3 Å². The Morgan fingerprint density at radius 1 is 0.250 bits per heavy atom. The first kappa shape index (κ1) is 37.5. The summed E-state index contributed by atoms with van der Waals surface area (Å²) in [5, 5.41) is 4.99. The minimum absolute atomic E-state index is 0.450. The van der Waals surface area contributed by atoms with E-state index < -0.39 is 5.41 Å². The molecule has 0 bridgehead atoms. The third-order valence-electron chi connectivity index (χ3n) is 13.3. The molecule has 0 spiro atoms. The van der Waals surface area contributed by atoms with Gasteiger partial charge in [0.25, 0.3) is 0 Å². The van der Waals surface area contributed by atoms with Crippen LogP contribution in [0.4, 0.5) is 17.1 Å². The van der Waals surface area contributed by atoms with Gasteiger partial charge in [0.05, 0.1) is 5.41 Å². The van der Waals surface area contributed by atoms with Crippen LogP contribution in [0.15, 0.2) is 261 Å². The molecule has 64 heavy (non-hydrogen) atoms. The van der Waals surface area contributed by atoms with Crippen molar-refractivity contribution in [3.63, 3.8) is 0 Å². The maximum absolute atomic E-state index is 2.45. The first-order valence-corrected chi connectivity index (χ1v) is 22.2. The Morgan fingerprint density at radius 2 is 0.719 bits per heavy atom. The molecule has 0 aromatic heterocycles. The monoisotopic (exact) mass is 813 g/mol. The van der Waals surface area contributed by atoms with Crippen molar-refractivity contribution >= 4 is 38.6 Å². The summed E-state index contributed by atoms with van der Waals surface area (Å²) in [4.78, 5) is 2.39. The number of fused-ring (bicyclic) bond motifs is 5. The topological polar surface area (TPSA) is 3.24 Å². The number of hydrogen-bond donors (Lipinski definition) is 0. The van der Waals surface area contributed by atoms with Crippen LogP contribution in [-0.2, 0) is 5.41 Å². The van der Waals surface area contributed by atoms with Crippen LogP contribution in [0.2, 0.25) is 0 Å². The van der Waals surface area contributed by atoms with E-state index in [0.717, 1.165) is 17.1 Å². The smallest absolute Gasteiger partial charge is 0.0713 e. The second kappa shape index (κ2) is 15.6. The fraction of sp³-hybridized carbons (Fsp3) is 0.0159. The number of benzene rings is 11. The van der Waals surface area contributed by atoms with Gasteiger partial charge in [-0.3, -0.25) is 0 Å². The average Bonchev–Trinajstić information content (AvgIpc) is 3.67. The summed E-state index contributed by atoms with van der Waals surface area (Å²) in [6.07, 6.45) is 0. The molecule has 0 atom stereocenters. The highest BCUT2D eigenvalue weighted by atomic mass is 15.1. The van der Waals surface area contributed by atoms with E-state index in [1.807, 2.05) is 0 Å². The largest absolute Gasteiger partial charge is 0.310 e. The Balaban J connectivity index is 0.979. The van der Waals surface area contributed by atoms with Crippen molar-refractivity contribution in [3.8, 4) is 44.5 Å². The molecule has 0 radical (unpaired) electrons. The molecule has 0 amide bonds. The molecule has 0 unspecified atom stereocenters. The van der Waals surface area contributed by atoms with Crippen LogP contribution in [0.25, 0.3) is 66.1 Å². The Labute approximate surface area is 374 Å². The van der Waals surface area contributed by atoms with E-state index in [2.05, 4.69) is 266 Å². The average molecular weight is 814 g/mol. The molecular formula is C63H43N. The van der Waals surface area contributed by atoms with Gasteiger partial charge in [0.15, 0.2) is 0 Å². The van der Waals surface area contributed by atoms with Gasteiger partial charge < -0.3 is 4.90 Å². The molecule has 1 nitrogen and oxygen atoms in total. The fourth-order valence-electron chi connectivity index (χ4n) is 10.4. The second-order valence-electron chi connectivity index (χ2n) is 16.8. The van der Waals surface area contributed by atoms with Crippen molar-refractivity contribution in [2.45, 2.75) is 5.41 Å². The molecule has 1 aliphatic rings. The summed E-state index contributed by atoms with van der Waals surface area (Å²) >= 11 is 0. The highest BCUT2D eigenvalue weighted by Gasteiger charge is 2.46. The zero-order valence-electron chi connectivity index (χ0n) is 35.3. The van der Waals surface area contributed by atoms with E-state index in [9.17, 15) is 0 Å². The summed E-state index contributed by atoms with van der Waals surface area (Å²) in [6, 6.07) is 95.7. The summed E-state index contributed by atoms with van der Waals surface area (Å²) < 4.78 is 0. The van der Waals surface area contributed by atoms with E-state index in [1.165, 1.54) is 88.3 Å². The van der Waals surface area contributed by atoms with Crippen molar-refractivity contribution in [2.24, 2.45) is 0 Å². The molecular weight excluding hydrogens is 771 g/mol. The molecule has 11 aromatic carbocycles. The summed E-state index contributed by atoms with van der Waals surface area (Å²) in [5.41, 5.74) is 17.8. The van der Waals surface area contributed by atoms with Gasteiger partial charge in [0.2, 0.25) is 0 Å². The van der Waals surface area contributed by atoms with Crippen molar-refractivity contribution in [1.29, 1.82) is 0 Å². The van der Waals surface area contributed by atoms with Gasteiger partial charge in [-0.25, -0.2) is 0 Å². The highest BCUT2D eigenvalue weighted by Crippen LogP contribution is 2.56. The Kier molecular flexibility index (Phi) is 9.13. The molecule has 0 fully saturated rings. The zero-order chi connectivity index (χ0) is 42.5. The van der Waals surface area contributed by atoms with Gasteiger partial charge in [-0.15, -0.1) is 0 Å². The number of rotatable bonds is 8. The zero-order valence-corrected chi connectivity index (χ0v) is 35.3. The Morgan fingerprint density at radius 3 is 1.36 bits per heavy atom. The minimum Gasteiger partial charge on any atom is -0.310 e. The van der Waals surface area contributed by atoms with E-state index >= 15 is 0 Å². The number of nitrogens with zero attached hydrogens (tertiary/aromatic N) is 1. The maximum Gasteiger partial charge on any atom is 0.0713 e. The predicted molar refractivity (Wildman–Crippen MR) is 270 cm³/mol. The summed E-state index contributed by atoms with van der Waals surface area (Å²) in [5.74, 6) is 0. The van der Waals surface area contributed by atoms with Crippen LogP contribution < -0.4 is 4.90 Å². The van der Waals surface area contributed by atoms with Crippen LogP contribution in [0.5, 0.6) is 0 Å². The van der Waals surface area contributed by atoms with Crippen LogP contribution in [0.3, 0.4) is 0 Å². The maximum atomic E-state index is 2.45. The molecule has 0 saturated heterocycles.